The SMILES string of the molecule is O=C(CC1CCCOC1)N1CCN(c2ncn[nH]2)CC1. The van der Waals surface area contributed by atoms with Gasteiger partial charge in [-0.25, -0.2) is 5.10 Å². The Kier molecular flexibility index (Phi) is 4.15. The van der Waals surface area contributed by atoms with E-state index in [2.05, 4.69) is 20.1 Å². The van der Waals surface area contributed by atoms with Crippen LogP contribution < -0.4 is 4.90 Å². The molecule has 0 aliphatic carbocycles. The summed E-state index contributed by atoms with van der Waals surface area (Å²) in [5, 5.41) is 6.72. The molecule has 20 heavy (non-hydrogen) atoms. The van der Waals surface area contributed by atoms with Gasteiger partial charge in [0.05, 0.1) is 0 Å². The minimum Gasteiger partial charge on any atom is -0.381 e. The van der Waals surface area contributed by atoms with Crippen LogP contribution in [0.1, 0.15) is 19.3 Å². The van der Waals surface area contributed by atoms with Crippen LogP contribution in [0.5, 0.6) is 0 Å². The van der Waals surface area contributed by atoms with Crippen molar-refractivity contribution in [3.05, 3.63) is 6.33 Å². The number of aromatic amines is 1. The molecule has 3 heterocycles. The maximum atomic E-state index is 12.3. The number of hydrogen-bond acceptors (Lipinski definition) is 5. The van der Waals surface area contributed by atoms with Gasteiger partial charge in [-0.05, 0) is 18.8 Å². The molecule has 2 saturated heterocycles. The minimum absolute atomic E-state index is 0.262. The van der Waals surface area contributed by atoms with Crippen molar-refractivity contribution < 1.29 is 9.53 Å². The van der Waals surface area contributed by atoms with Crippen molar-refractivity contribution in [3.8, 4) is 0 Å². The molecular weight excluding hydrogens is 258 g/mol. The van der Waals surface area contributed by atoms with Crippen molar-refractivity contribution in [1.82, 2.24) is 20.1 Å². The number of amides is 1. The molecule has 0 aromatic carbocycles. The fourth-order valence-electron chi connectivity index (χ4n) is 2.86. The second-order valence-corrected chi connectivity index (χ2v) is 5.46. The molecule has 110 valence electrons. The number of anilines is 1. The van der Waals surface area contributed by atoms with Gasteiger partial charge in [0.15, 0.2) is 0 Å². The summed E-state index contributed by atoms with van der Waals surface area (Å²) in [6, 6.07) is 0. The maximum absolute atomic E-state index is 12.3. The summed E-state index contributed by atoms with van der Waals surface area (Å²) in [5.41, 5.74) is 0. The van der Waals surface area contributed by atoms with Crippen LogP contribution in [0.2, 0.25) is 0 Å². The Morgan fingerprint density at radius 1 is 1.40 bits per heavy atom. The van der Waals surface area contributed by atoms with Crippen molar-refractivity contribution in [3.63, 3.8) is 0 Å². The fourth-order valence-corrected chi connectivity index (χ4v) is 2.86. The number of rotatable bonds is 3. The summed E-state index contributed by atoms with van der Waals surface area (Å²) >= 11 is 0. The molecule has 0 radical (unpaired) electrons. The quantitative estimate of drug-likeness (QED) is 0.859. The Bertz CT molecular complexity index is 422. The number of carbonyl (C=O) groups excluding carboxylic acids is 1. The van der Waals surface area contributed by atoms with Gasteiger partial charge >= 0.3 is 0 Å². The predicted molar refractivity (Wildman–Crippen MR) is 73.3 cm³/mol. The molecular formula is C13H21N5O2. The van der Waals surface area contributed by atoms with Crippen molar-refractivity contribution in [1.29, 1.82) is 0 Å². The van der Waals surface area contributed by atoms with E-state index in [0.29, 0.717) is 12.3 Å². The van der Waals surface area contributed by atoms with Gasteiger partial charge < -0.3 is 14.5 Å². The number of H-pyrrole nitrogens is 1. The van der Waals surface area contributed by atoms with E-state index >= 15 is 0 Å². The lowest BCUT2D eigenvalue weighted by Gasteiger charge is -2.35. The van der Waals surface area contributed by atoms with Crippen molar-refractivity contribution in [2.45, 2.75) is 19.3 Å². The van der Waals surface area contributed by atoms with E-state index in [1.54, 1.807) is 0 Å². The number of piperazine rings is 1. The standard InChI is InChI=1S/C13H21N5O2/c19-12(8-11-2-1-7-20-9-11)17-3-5-18(6-4-17)13-14-10-15-16-13/h10-11H,1-9H2,(H,14,15,16). The molecule has 7 heteroatoms. The molecule has 1 N–H and O–H groups in total. The zero-order valence-electron chi connectivity index (χ0n) is 11.6. The first-order chi connectivity index (χ1) is 9.83. The summed E-state index contributed by atoms with van der Waals surface area (Å²) in [4.78, 5) is 20.5. The van der Waals surface area contributed by atoms with E-state index in [4.69, 9.17) is 4.74 Å². The number of ether oxygens (including phenoxy) is 1. The Hall–Kier alpha value is -1.63. The molecule has 0 bridgehead atoms. The number of aromatic nitrogens is 3. The monoisotopic (exact) mass is 279 g/mol. The maximum Gasteiger partial charge on any atom is 0.223 e. The zero-order chi connectivity index (χ0) is 13.8. The minimum atomic E-state index is 0.262. The van der Waals surface area contributed by atoms with Crippen molar-refractivity contribution in [2.75, 3.05) is 44.3 Å². The van der Waals surface area contributed by atoms with Crippen LogP contribution in [0.25, 0.3) is 0 Å². The molecule has 3 rings (SSSR count). The summed E-state index contributed by atoms with van der Waals surface area (Å²) in [7, 11) is 0. The highest BCUT2D eigenvalue weighted by molar-refractivity contribution is 5.76. The second kappa shape index (κ2) is 6.21. The first-order valence-corrected chi connectivity index (χ1v) is 7.29. The van der Waals surface area contributed by atoms with Gasteiger partial charge in [0.2, 0.25) is 11.9 Å². The smallest absolute Gasteiger partial charge is 0.223 e. The lowest BCUT2D eigenvalue weighted by Crippen LogP contribution is -2.49. The van der Waals surface area contributed by atoms with Crippen LogP contribution in [0.4, 0.5) is 5.95 Å². The van der Waals surface area contributed by atoms with E-state index in [0.717, 1.165) is 58.2 Å². The van der Waals surface area contributed by atoms with E-state index in [9.17, 15) is 4.79 Å². The van der Waals surface area contributed by atoms with Gasteiger partial charge in [0.1, 0.15) is 6.33 Å². The highest BCUT2D eigenvalue weighted by Gasteiger charge is 2.25. The summed E-state index contributed by atoms with van der Waals surface area (Å²) in [6.07, 6.45) is 4.33. The second-order valence-electron chi connectivity index (χ2n) is 5.46. The molecule has 1 amide bonds. The van der Waals surface area contributed by atoms with Crippen molar-refractivity contribution in [2.24, 2.45) is 5.92 Å². The number of nitrogens with one attached hydrogen (secondary N) is 1. The predicted octanol–water partition coefficient (Wildman–Crippen LogP) is 0.270. The van der Waals surface area contributed by atoms with Gasteiger partial charge in [-0.1, -0.05) is 0 Å². The lowest BCUT2D eigenvalue weighted by atomic mass is 9.98. The Morgan fingerprint density at radius 3 is 2.90 bits per heavy atom. The molecule has 1 unspecified atom stereocenters. The van der Waals surface area contributed by atoms with Crippen LogP contribution in [0.15, 0.2) is 6.33 Å². The molecule has 1 aromatic heterocycles. The third kappa shape index (κ3) is 3.09. The molecule has 1 aromatic rings. The van der Waals surface area contributed by atoms with Crippen LogP contribution >= 0.6 is 0 Å². The molecule has 7 nitrogen and oxygen atoms in total. The normalized spacial score (nSPS) is 23.9. The molecule has 2 aliphatic rings. The molecule has 2 aliphatic heterocycles. The number of carbonyl (C=O) groups is 1. The average molecular weight is 279 g/mol. The van der Waals surface area contributed by atoms with Crippen LogP contribution in [-0.4, -0.2) is 65.4 Å². The number of hydrogen-bond donors (Lipinski definition) is 1. The lowest BCUT2D eigenvalue weighted by molar-refractivity contribution is -0.133. The molecule has 0 saturated carbocycles. The number of nitrogens with zero attached hydrogens (tertiary/aromatic N) is 4. The molecule has 1 atom stereocenters. The van der Waals surface area contributed by atoms with Crippen molar-refractivity contribution >= 4 is 11.9 Å². The highest BCUT2D eigenvalue weighted by atomic mass is 16.5. The molecule has 2 fully saturated rings. The van der Waals surface area contributed by atoms with E-state index in [-0.39, 0.29) is 5.91 Å². The van der Waals surface area contributed by atoms with Gasteiger partial charge in [-0.2, -0.15) is 10.1 Å². The topological polar surface area (TPSA) is 74.3 Å². The van der Waals surface area contributed by atoms with E-state index in [1.165, 1.54) is 6.33 Å². The zero-order valence-corrected chi connectivity index (χ0v) is 11.6. The summed E-state index contributed by atoms with van der Waals surface area (Å²) in [6.45, 7) is 4.72. The third-order valence-corrected chi connectivity index (χ3v) is 4.05. The van der Waals surface area contributed by atoms with Gasteiger partial charge in [-0.15, -0.1) is 0 Å². The third-order valence-electron chi connectivity index (χ3n) is 4.05. The first kappa shape index (κ1) is 13.4. The van der Waals surface area contributed by atoms with Gasteiger partial charge in [-0.3, -0.25) is 4.79 Å². The average Bonchev–Trinajstić information content (AvgIpc) is 3.03. The van der Waals surface area contributed by atoms with Crippen LogP contribution in [-0.2, 0) is 9.53 Å². The molecule has 0 spiro atoms. The van der Waals surface area contributed by atoms with Crippen LogP contribution in [0, 0.1) is 5.92 Å². The van der Waals surface area contributed by atoms with Crippen LogP contribution in [0.3, 0.4) is 0 Å². The summed E-state index contributed by atoms with van der Waals surface area (Å²) in [5.74, 6) is 1.46. The largest absolute Gasteiger partial charge is 0.381 e. The first-order valence-electron chi connectivity index (χ1n) is 7.29. The summed E-state index contributed by atoms with van der Waals surface area (Å²) < 4.78 is 5.44. The fraction of sp³-hybridized carbons (Fsp3) is 0.769. The highest BCUT2D eigenvalue weighted by Crippen LogP contribution is 2.19. The van der Waals surface area contributed by atoms with Gasteiger partial charge in [0, 0.05) is 45.8 Å². The Balaban J connectivity index is 1.46. The Labute approximate surface area is 118 Å². The van der Waals surface area contributed by atoms with E-state index < -0.39 is 0 Å². The van der Waals surface area contributed by atoms with E-state index in [1.807, 2.05) is 4.90 Å². The Morgan fingerprint density at radius 2 is 2.25 bits per heavy atom. The van der Waals surface area contributed by atoms with Gasteiger partial charge in [0.25, 0.3) is 0 Å².